The number of carbonyl (C=O) groups is 2. The maximum Gasteiger partial charge on any atom is 0.472 e. The molecule has 0 saturated heterocycles. The Kier molecular flexibility index (Phi) is 43.5. The van der Waals surface area contributed by atoms with Crippen molar-refractivity contribution in [3.8, 4) is 0 Å². The zero-order valence-electron chi connectivity index (χ0n) is 38.4. The monoisotopic (exact) mass is 879 g/mol. The van der Waals surface area contributed by atoms with Crippen LogP contribution in [0.5, 0.6) is 0 Å². The molecule has 61 heavy (non-hydrogen) atoms. The molecule has 10 nitrogen and oxygen atoms in total. The van der Waals surface area contributed by atoms with Crippen LogP contribution >= 0.6 is 7.82 Å². The Labute approximate surface area is 371 Å². The third-order valence-corrected chi connectivity index (χ3v) is 10.8. The van der Waals surface area contributed by atoms with E-state index in [0.717, 1.165) is 57.8 Å². The first-order valence-electron chi connectivity index (χ1n) is 23.9. The Morgan fingerprint density at radius 2 is 0.934 bits per heavy atom. The highest BCUT2D eigenvalue weighted by Crippen LogP contribution is 2.43. The van der Waals surface area contributed by atoms with Crippen LogP contribution in [0.15, 0.2) is 72.9 Å². The molecule has 0 aliphatic carbocycles. The van der Waals surface area contributed by atoms with E-state index in [1.54, 1.807) is 0 Å². The second-order valence-corrected chi connectivity index (χ2v) is 17.2. The Balaban J connectivity index is 4.32. The molecule has 0 fully saturated rings. The number of phosphoric ester groups is 1. The summed E-state index contributed by atoms with van der Waals surface area (Å²) < 4.78 is 32.7. The first-order valence-corrected chi connectivity index (χ1v) is 25.4. The van der Waals surface area contributed by atoms with Crippen LogP contribution in [-0.4, -0.2) is 65.7 Å². The van der Waals surface area contributed by atoms with Crippen LogP contribution in [0, 0.1) is 0 Å². The molecule has 11 heteroatoms. The van der Waals surface area contributed by atoms with Gasteiger partial charge in [-0.1, -0.05) is 170 Å². The van der Waals surface area contributed by atoms with Gasteiger partial charge in [-0.25, -0.2) is 4.57 Å². The molecule has 0 aromatic rings. The van der Waals surface area contributed by atoms with Crippen LogP contribution in [-0.2, 0) is 32.7 Å². The third-order valence-electron chi connectivity index (χ3n) is 9.82. The maximum atomic E-state index is 12.6. The summed E-state index contributed by atoms with van der Waals surface area (Å²) in [6, 6.07) is 0. The third kappa shape index (κ3) is 45.3. The van der Waals surface area contributed by atoms with Crippen molar-refractivity contribution in [3.63, 3.8) is 0 Å². The lowest BCUT2D eigenvalue weighted by molar-refractivity contribution is -0.161. The highest BCUT2D eigenvalue weighted by molar-refractivity contribution is 7.47. The molecule has 1 unspecified atom stereocenters. The van der Waals surface area contributed by atoms with Gasteiger partial charge in [-0.3, -0.25) is 18.6 Å². The minimum absolute atomic E-state index is 0.112. The van der Waals surface area contributed by atoms with Gasteiger partial charge in [0.2, 0.25) is 0 Å². The minimum atomic E-state index is -4.64. The number of rotatable bonds is 44. The van der Waals surface area contributed by atoms with Crippen molar-refractivity contribution >= 4 is 19.8 Å². The quantitative estimate of drug-likeness (QED) is 0.0234. The number of hydrogen-bond acceptors (Lipinski definition) is 9. The summed E-state index contributed by atoms with van der Waals surface area (Å²) in [5.41, 5.74) is 0. The van der Waals surface area contributed by atoms with Gasteiger partial charge in [0.1, 0.15) is 12.7 Å². The summed E-state index contributed by atoms with van der Waals surface area (Å²) in [7, 11) is -4.64. The van der Waals surface area contributed by atoms with E-state index in [1.807, 2.05) is 0 Å². The van der Waals surface area contributed by atoms with Crippen molar-refractivity contribution in [1.82, 2.24) is 0 Å². The lowest BCUT2D eigenvalue weighted by Gasteiger charge is -2.20. The molecule has 0 amide bonds. The molecular formula is C50H87O10P. The molecule has 0 aromatic heterocycles. The minimum Gasteiger partial charge on any atom is -0.462 e. The molecule has 3 N–H and O–H groups in total. The Morgan fingerprint density at radius 3 is 1.48 bits per heavy atom. The SMILES string of the molecule is CC/C=C/C/C=C/C/C=C/C/C=C/CCCCC(=O)OC[C@H](COP(=O)(O)OC[C@@H](O)CO)OC(=O)CCC/C=C/CC/C=C/CCCCCCCCCCCCCCCC. The molecule has 0 aliphatic heterocycles. The zero-order valence-corrected chi connectivity index (χ0v) is 39.3. The van der Waals surface area contributed by atoms with Gasteiger partial charge in [0.25, 0.3) is 0 Å². The number of phosphoric acid groups is 1. The molecule has 0 saturated carbocycles. The maximum absolute atomic E-state index is 12.6. The van der Waals surface area contributed by atoms with Gasteiger partial charge >= 0.3 is 19.8 Å². The lowest BCUT2D eigenvalue weighted by Crippen LogP contribution is -2.29. The average Bonchev–Trinajstić information content (AvgIpc) is 3.25. The van der Waals surface area contributed by atoms with Gasteiger partial charge in [-0.15, -0.1) is 0 Å². The van der Waals surface area contributed by atoms with Gasteiger partial charge in [-0.2, -0.15) is 0 Å². The van der Waals surface area contributed by atoms with E-state index in [9.17, 15) is 24.2 Å². The van der Waals surface area contributed by atoms with Crippen LogP contribution in [0.3, 0.4) is 0 Å². The number of hydrogen-bond donors (Lipinski definition) is 3. The van der Waals surface area contributed by atoms with Crippen LogP contribution in [0.4, 0.5) is 0 Å². The number of ether oxygens (including phenoxy) is 2. The molecule has 0 bridgehead atoms. The fraction of sp³-hybridized carbons (Fsp3) is 0.720. The number of aliphatic hydroxyl groups is 2. The lowest BCUT2D eigenvalue weighted by atomic mass is 10.0. The first-order chi connectivity index (χ1) is 29.7. The van der Waals surface area contributed by atoms with E-state index in [1.165, 1.54) is 89.9 Å². The van der Waals surface area contributed by atoms with Gasteiger partial charge in [0.05, 0.1) is 19.8 Å². The number of esters is 2. The Morgan fingerprint density at radius 1 is 0.508 bits per heavy atom. The molecule has 0 aliphatic rings. The molecule has 0 aromatic carbocycles. The van der Waals surface area contributed by atoms with Crippen molar-refractivity contribution in [1.29, 1.82) is 0 Å². The van der Waals surface area contributed by atoms with E-state index in [-0.39, 0.29) is 19.4 Å². The summed E-state index contributed by atoms with van der Waals surface area (Å²) >= 11 is 0. The summed E-state index contributed by atoms with van der Waals surface area (Å²) in [4.78, 5) is 35.0. The van der Waals surface area contributed by atoms with Gasteiger partial charge in [0, 0.05) is 12.8 Å². The second-order valence-electron chi connectivity index (χ2n) is 15.7. The van der Waals surface area contributed by atoms with Crippen molar-refractivity contribution in [2.75, 3.05) is 26.4 Å². The average molecular weight is 879 g/mol. The van der Waals surface area contributed by atoms with Crippen LogP contribution in [0.2, 0.25) is 0 Å². The fourth-order valence-electron chi connectivity index (χ4n) is 6.18. The summed E-state index contributed by atoms with van der Waals surface area (Å²) in [6.45, 7) is 2.18. The van der Waals surface area contributed by atoms with Crippen LogP contribution in [0.1, 0.15) is 194 Å². The summed E-state index contributed by atoms with van der Waals surface area (Å²) in [5.74, 6) is -1.03. The molecule has 0 rings (SSSR count). The smallest absolute Gasteiger partial charge is 0.462 e. The van der Waals surface area contributed by atoms with Gasteiger partial charge in [0.15, 0.2) is 6.10 Å². The molecular weight excluding hydrogens is 792 g/mol. The topological polar surface area (TPSA) is 149 Å². The van der Waals surface area contributed by atoms with Crippen LogP contribution in [0.25, 0.3) is 0 Å². The Bertz CT molecular complexity index is 1240. The van der Waals surface area contributed by atoms with E-state index < -0.39 is 51.8 Å². The first kappa shape index (κ1) is 58.4. The van der Waals surface area contributed by atoms with Gasteiger partial charge in [-0.05, 0) is 83.5 Å². The fourth-order valence-corrected chi connectivity index (χ4v) is 6.97. The second kappa shape index (κ2) is 45.4. The van der Waals surface area contributed by atoms with Crippen LogP contribution < -0.4 is 0 Å². The molecule has 352 valence electrons. The van der Waals surface area contributed by atoms with E-state index in [2.05, 4.69) is 91.3 Å². The van der Waals surface area contributed by atoms with Crippen molar-refractivity contribution in [2.24, 2.45) is 0 Å². The normalized spacial score (nSPS) is 14.4. The van der Waals surface area contributed by atoms with E-state index in [0.29, 0.717) is 19.3 Å². The molecule has 0 radical (unpaired) electrons. The highest BCUT2D eigenvalue weighted by Gasteiger charge is 2.27. The molecule has 0 spiro atoms. The largest absolute Gasteiger partial charge is 0.472 e. The zero-order chi connectivity index (χ0) is 44.8. The molecule has 3 atom stereocenters. The summed E-state index contributed by atoms with van der Waals surface area (Å²) in [5, 5.41) is 18.4. The van der Waals surface area contributed by atoms with Crippen molar-refractivity contribution in [2.45, 2.75) is 206 Å². The predicted octanol–water partition coefficient (Wildman–Crippen LogP) is 13.2. The number of aliphatic hydroxyl groups excluding tert-OH is 2. The van der Waals surface area contributed by atoms with Crippen molar-refractivity contribution < 1.29 is 47.8 Å². The van der Waals surface area contributed by atoms with E-state index in [4.69, 9.17) is 19.1 Å². The number of allylic oxidation sites excluding steroid dienone is 12. The standard InChI is InChI=1S/C50H87O10P/c1-3-5-7-9-11-13-15-17-19-20-21-22-23-24-25-26-28-30-32-34-36-38-40-42-50(54)60-48(46-59-61(55,56)58-44-47(52)43-51)45-57-49(53)41-39-37-35-33-31-29-27-18-16-14-12-10-8-6-4-2/h6,8,12,14,18,26-28,31,33-34,36,47-48,51-52H,3-5,7,9-11,13,15-17,19-25,29-30,32,35,37-46H2,1-2H3,(H,55,56)/b8-6+,14-12+,27-18+,28-26+,33-31+,36-34+/t47-,48+/m0/s1. The van der Waals surface area contributed by atoms with Crippen molar-refractivity contribution in [3.05, 3.63) is 72.9 Å². The predicted molar refractivity (Wildman–Crippen MR) is 251 cm³/mol. The van der Waals surface area contributed by atoms with E-state index >= 15 is 0 Å². The van der Waals surface area contributed by atoms with Gasteiger partial charge < -0.3 is 24.6 Å². The molecule has 0 heterocycles. The highest BCUT2D eigenvalue weighted by atomic mass is 31.2. The number of carbonyl (C=O) groups excluding carboxylic acids is 2. The number of unbranched alkanes of at least 4 members (excludes halogenated alkanes) is 18. The summed E-state index contributed by atoms with van der Waals surface area (Å²) in [6.07, 6.45) is 53.2. The Hall–Kier alpha value is -2.59.